The van der Waals surface area contributed by atoms with Crippen LogP contribution in [-0.4, -0.2) is 25.0 Å². The minimum atomic E-state index is -0.478. The van der Waals surface area contributed by atoms with Gasteiger partial charge in [0.05, 0.1) is 0 Å². The van der Waals surface area contributed by atoms with E-state index in [9.17, 15) is 9.59 Å². The van der Waals surface area contributed by atoms with Crippen molar-refractivity contribution in [2.24, 2.45) is 5.41 Å². The van der Waals surface area contributed by atoms with Gasteiger partial charge in [0.15, 0.2) is 0 Å². The molecule has 1 aliphatic carbocycles. The van der Waals surface area contributed by atoms with E-state index in [0.29, 0.717) is 0 Å². The monoisotopic (exact) mass is 351 g/mol. The van der Waals surface area contributed by atoms with Crippen molar-refractivity contribution < 1.29 is 14.3 Å². The Morgan fingerprint density at radius 2 is 1.62 bits per heavy atom. The van der Waals surface area contributed by atoms with Gasteiger partial charge in [-0.2, -0.15) is 0 Å². The van der Waals surface area contributed by atoms with Crippen molar-refractivity contribution in [3.8, 4) is 11.1 Å². The summed E-state index contributed by atoms with van der Waals surface area (Å²) in [5.74, 6) is 0.0345. The molecule has 0 unspecified atom stereocenters. The molecule has 1 aliphatic rings. The van der Waals surface area contributed by atoms with Crippen molar-refractivity contribution in [3.05, 3.63) is 59.7 Å². The van der Waals surface area contributed by atoms with Crippen LogP contribution in [0.1, 0.15) is 44.2 Å². The predicted octanol–water partition coefficient (Wildman–Crippen LogP) is 4.53. The van der Waals surface area contributed by atoms with E-state index in [2.05, 4.69) is 29.6 Å². The lowest BCUT2D eigenvalue weighted by Crippen LogP contribution is -2.44. The molecule has 1 N–H and O–H groups in total. The fraction of sp³-hybridized carbons (Fsp3) is 0.364. The number of hydrogen-bond acceptors (Lipinski definition) is 3. The van der Waals surface area contributed by atoms with Crippen LogP contribution in [0.15, 0.2) is 48.5 Å². The Kier molecular flexibility index (Phi) is 5.12. The molecule has 0 aromatic heterocycles. The highest BCUT2D eigenvalue weighted by molar-refractivity contribution is 5.79. The zero-order valence-corrected chi connectivity index (χ0v) is 15.5. The maximum Gasteiger partial charge on any atom is 0.407 e. The molecule has 2 aromatic carbocycles. The molecule has 0 fully saturated rings. The second-order valence-corrected chi connectivity index (χ2v) is 7.79. The summed E-state index contributed by atoms with van der Waals surface area (Å²) < 4.78 is 5.55. The molecule has 0 saturated carbocycles. The summed E-state index contributed by atoms with van der Waals surface area (Å²) in [7, 11) is 0. The lowest BCUT2D eigenvalue weighted by molar-refractivity contribution is -0.108. The zero-order chi connectivity index (χ0) is 18.7. The molecule has 0 aliphatic heterocycles. The second kappa shape index (κ2) is 7.32. The molecule has 0 radical (unpaired) electrons. The molecule has 136 valence electrons. The summed E-state index contributed by atoms with van der Waals surface area (Å²) in [4.78, 5) is 23.2. The Bertz CT molecular complexity index is 762. The minimum absolute atomic E-state index is 0.0345. The van der Waals surface area contributed by atoms with E-state index < -0.39 is 6.09 Å². The summed E-state index contributed by atoms with van der Waals surface area (Å²) in [5.41, 5.74) is 4.55. The van der Waals surface area contributed by atoms with Gasteiger partial charge in [-0.05, 0) is 27.7 Å². The minimum Gasteiger partial charge on any atom is -0.449 e. The Morgan fingerprint density at radius 1 is 1.08 bits per heavy atom. The van der Waals surface area contributed by atoms with E-state index in [1.807, 2.05) is 45.0 Å². The van der Waals surface area contributed by atoms with Crippen LogP contribution in [0.5, 0.6) is 0 Å². The highest BCUT2D eigenvalue weighted by Gasteiger charge is 2.30. The largest absolute Gasteiger partial charge is 0.449 e. The van der Waals surface area contributed by atoms with E-state index in [4.69, 9.17) is 4.74 Å². The third-order valence-electron chi connectivity index (χ3n) is 5.01. The van der Waals surface area contributed by atoms with Gasteiger partial charge in [0.25, 0.3) is 0 Å². The molecular formula is C22H25NO3. The maximum atomic E-state index is 12.3. The second-order valence-electron chi connectivity index (χ2n) is 7.79. The summed E-state index contributed by atoms with van der Waals surface area (Å²) in [6.07, 6.45) is 0.626. The number of ether oxygens (including phenoxy) is 1. The molecule has 0 saturated heterocycles. The standard InChI is InChI=1S/C22H25NO3/c1-22(2,3)20(12-13-24)23-21(25)26-14-19-17-10-6-4-8-15(17)16-9-5-7-11-18(16)19/h4-11,13,19-20H,12,14H2,1-3H3,(H,23,25)/t20-/m1/s1. The van der Waals surface area contributed by atoms with Crippen LogP contribution in [-0.2, 0) is 9.53 Å². The Hall–Kier alpha value is -2.62. The number of rotatable bonds is 5. The van der Waals surface area contributed by atoms with Gasteiger partial charge < -0.3 is 14.8 Å². The van der Waals surface area contributed by atoms with Gasteiger partial charge in [0.2, 0.25) is 0 Å². The number of nitrogens with one attached hydrogen (secondary N) is 1. The molecule has 0 bridgehead atoms. The lowest BCUT2D eigenvalue weighted by atomic mass is 9.85. The highest BCUT2D eigenvalue weighted by atomic mass is 16.5. The number of aldehydes is 1. The summed E-state index contributed by atoms with van der Waals surface area (Å²) in [6, 6.07) is 16.2. The first-order valence-electron chi connectivity index (χ1n) is 8.97. The van der Waals surface area contributed by atoms with Gasteiger partial charge in [-0.1, -0.05) is 69.3 Å². The topological polar surface area (TPSA) is 55.4 Å². The normalized spacial score (nSPS) is 14.3. The van der Waals surface area contributed by atoms with Crippen LogP contribution >= 0.6 is 0 Å². The van der Waals surface area contributed by atoms with E-state index in [1.165, 1.54) is 22.3 Å². The first-order chi connectivity index (χ1) is 12.4. The molecular weight excluding hydrogens is 326 g/mol. The molecule has 0 spiro atoms. The van der Waals surface area contributed by atoms with Gasteiger partial charge in [0.1, 0.15) is 12.9 Å². The summed E-state index contributed by atoms with van der Waals surface area (Å²) in [5, 5.41) is 2.84. The van der Waals surface area contributed by atoms with E-state index in [0.717, 1.165) is 6.29 Å². The van der Waals surface area contributed by atoms with Crippen molar-refractivity contribution in [2.75, 3.05) is 6.61 Å². The molecule has 4 nitrogen and oxygen atoms in total. The predicted molar refractivity (Wildman–Crippen MR) is 102 cm³/mol. The van der Waals surface area contributed by atoms with E-state index in [1.54, 1.807) is 0 Å². The summed E-state index contributed by atoms with van der Waals surface area (Å²) >= 11 is 0. The SMILES string of the molecule is CC(C)(C)[C@@H](CC=O)NC(=O)OCC1c2ccccc2-c2ccccc21. The van der Waals surface area contributed by atoms with Crippen LogP contribution in [0.25, 0.3) is 11.1 Å². The number of benzene rings is 2. The number of carbonyl (C=O) groups is 2. The third-order valence-corrected chi connectivity index (χ3v) is 5.01. The quantitative estimate of drug-likeness (QED) is 0.805. The van der Waals surface area contributed by atoms with Crippen molar-refractivity contribution in [2.45, 2.75) is 39.2 Å². The van der Waals surface area contributed by atoms with Crippen LogP contribution < -0.4 is 5.32 Å². The highest BCUT2D eigenvalue weighted by Crippen LogP contribution is 2.44. The Labute approximate surface area is 154 Å². The fourth-order valence-electron chi connectivity index (χ4n) is 3.51. The van der Waals surface area contributed by atoms with E-state index in [-0.39, 0.29) is 30.4 Å². The zero-order valence-electron chi connectivity index (χ0n) is 15.5. The van der Waals surface area contributed by atoms with Crippen molar-refractivity contribution in [1.29, 1.82) is 0 Å². The van der Waals surface area contributed by atoms with Gasteiger partial charge in [-0.25, -0.2) is 4.79 Å². The first kappa shape index (κ1) is 18.2. The molecule has 26 heavy (non-hydrogen) atoms. The lowest BCUT2D eigenvalue weighted by Gasteiger charge is -2.29. The van der Waals surface area contributed by atoms with Crippen LogP contribution in [0.2, 0.25) is 0 Å². The average Bonchev–Trinajstić information content (AvgIpc) is 2.93. The van der Waals surface area contributed by atoms with E-state index >= 15 is 0 Å². The maximum absolute atomic E-state index is 12.3. The number of hydrogen-bond donors (Lipinski definition) is 1. The molecule has 0 heterocycles. The van der Waals surface area contributed by atoms with Crippen molar-refractivity contribution >= 4 is 12.4 Å². The van der Waals surface area contributed by atoms with Crippen LogP contribution in [0.4, 0.5) is 4.79 Å². The molecule has 1 amide bonds. The number of amides is 1. The van der Waals surface area contributed by atoms with Crippen LogP contribution in [0.3, 0.4) is 0 Å². The van der Waals surface area contributed by atoms with Gasteiger partial charge >= 0.3 is 6.09 Å². The van der Waals surface area contributed by atoms with Crippen molar-refractivity contribution in [3.63, 3.8) is 0 Å². The smallest absolute Gasteiger partial charge is 0.407 e. The number of alkyl carbamates (subject to hydrolysis) is 1. The molecule has 2 aromatic rings. The molecule has 4 heteroatoms. The Morgan fingerprint density at radius 3 is 2.12 bits per heavy atom. The van der Waals surface area contributed by atoms with Gasteiger partial charge in [0, 0.05) is 18.4 Å². The average molecular weight is 351 g/mol. The van der Waals surface area contributed by atoms with Gasteiger partial charge in [-0.3, -0.25) is 0 Å². The Balaban J connectivity index is 1.72. The first-order valence-corrected chi connectivity index (χ1v) is 8.97. The third kappa shape index (κ3) is 3.64. The molecule has 3 rings (SSSR count). The number of carbonyl (C=O) groups excluding carboxylic acids is 2. The van der Waals surface area contributed by atoms with Gasteiger partial charge in [-0.15, -0.1) is 0 Å². The summed E-state index contributed by atoms with van der Waals surface area (Å²) in [6.45, 7) is 6.25. The van der Waals surface area contributed by atoms with Crippen molar-refractivity contribution in [1.82, 2.24) is 5.32 Å². The number of fused-ring (bicyclic) bond motifs is 3. The van der Waals surface area contributed by atoms with Crippen LogP contribution in [0, 0.1) is 5.41 Å². The molecule has 1 atom stereocenters. The fourth-order valence-corrected chi connectivity index (χ4v) is 3.51.